The molecule has 5 heteroatoms. The average molecular weight is 321 g/mol. The van der Waals surface area contributed by atoms with Crippen LogP contribution < -0.4 is 4.90 Å². The third kappa shape index (κ3) is 2.25. The number of rotatable bonds is 2. The summed E-state index contributed by atoms with van der Waals surface area (Å²) in [5.41, 5.74) is 2.70. The summed E-state index contributed by atoms with van der Waals surface area (Å²) in [6.45, 7) is 0.101. The molecule has 0 unspecified atom stereocenters. The van der Waals surface area contributed by atoms with Crippen LogP contribution in [0.1, 0.15) is 17.9 Å². The number of esters is 1. The molecule has 1 amide bonds. The van der Waals surface area contributed by atoms with E-state index in [1.165, 1.54) is 0 Å². The van der Waals surface area contributed by atoms with Gasteiger partial charge in [0.05, 0.1) is 11.3 Å². The maximum absolute atomic E-state index is 12.8. The molecule has 2 aromatic carbocycles. The Hall–Kier alpha value is -3.08. The van der Waals surface area contributed by atoms with Gasteiger partial charge in [-0.1, -0.05) is 30.3 Å². The molecule has 2 aromatic rings. The standard InChI is InChI=1S/C19H15NO4/c21-14-8-6-12(7-9-14)15-10-17(22)20(13-4-2-1-3-5-13)16-11-24-19(23)18(15)16/h1-9,15,21H,10-11H2/t15-/m0/s1. The highest BCUT2D eigenvalue weighted by Crippen LogP contribution is 2.41. The molecule has 4 rings (SSSR count). The molecule has 0 bridgehead atoms. The predicted octanol–water partition coefficient (Wildman–Crippen LogP) is 2.72. The van der Waals surface area contributed by atoms with Crippen molar-refractivity contribution in [2.24, 2.45) is 0 Å². The molecule has 1 N–H and O–H groups in total. The van der Waals surface area contributed by atoms with Gasteiger partial charge >= 0.3 is 5.97 Å². The SMILES string of the molecule is O=C1OCC2=C1[C@H](c1ccc(O)cc1)CC(=O)N2c1ccccc1. The number of anilines is 1. The van der Waals surface area contributed by atoms with E-state index >= 15 is 0 Å². The van der Waals surface area contributed by atoms with Gasteiger partial charge in [0.15, 0.2) is 0 Å². The Balaban J connectivity index is 1.82. The zero-order valence-electron chi connectivity index (χ0n) is 12.8. The lowest BCUT2D eigenvalue weighted by atomic mass is 9.84. The molecule has 0 spiro atoms. The van der Waals surface area contributed by atoms with Crippen molar-refractivity contribution in [3.05, 3.63) is 71.4 Å². The second kappa shape index (κ2) is 5.53. The largest absolute Gasteiger partial charge is 0.508 e. The lowest BCUT2D eigenvalue weighted by Gasteiger charge is -2.31. The molecule has 0 radical (unpaired) electrons. The summed E-state index contributed by atoms with van der Waals surface area (Å²) in [7, 11) is 0. The fraction of sp³-hybridized carbons (Fsp3) is 0.158. The van der Waals surface area contributed by atoms with Crippen LogP contribution in [0, 0.1) is 0 Å². The molecule has 0 saturated carbocycles. The van der Waals surface area contributed by atoms with Crippen LogP contribution >= 0.6 is 0 Å². The van der Waals surface area contributed by atoms with E-state index in [-0.39, 0.29) is 36.6 Å². The summed E-state index contributed by atoms with van der Waals surface area (Å²) in [6, 6.07) is 15.9. The van der Waals surface area contributed by atoms with Crippen LogP contribution in [0.3, 0.4) is 0 Å². The van der Waals surface area contributed by atoms with Gasteiger partial charge < -0.3 is 9.84 Å². The number of para-hydroxylation sites is 1. The lowest BCUT2D eigenvalue weighted by Crippen LogP contribution is -2.37. The molecular formula is C19H15NO4. The number of carbonyl (C=O) groups excluding carboxylic acids is 2. The molecule has 2 aliphatic rings. The van der Waals surface area contributed by atoms with Crippen LogP contribution in [0.4, 0.5) is 5.69 Å². The first kappa shape index (κ1) is 14.5. The van der Waals surface area contributed by atoms with Crippen molar-refractivity contribution in [3.63, 3.8) is 0 Å². The first-order valence-corrected chi connectivity index (χ1v) is 7.72. The zero-order chi connectivity index (χ0) is 16.7. The Kier molecular flexibility index (Phi) is 3.34. The van der Waals surface area contributed by atoms with E-state index in [2.05, 4.69) is 0 Å². The van der Waals surface area contributed by atoms with Crippen molar-refractivity contribution in [2.45, 2.75) is 12.3 Å². The van der Waals surface area contributed by atoms with E-state index in [4.69, 9.17) is 4.74 Å². The van der Waals surface area contributed by atoms with Crippen LogP contribution in [0.5, 0.6) is 5.75 Å². The van der Waals surface area contributed by atoms with Gasteiger partial charge in [-0.05, 0) is 29.8 Å². The summed E-state index contributed by atoms with van der Waals surface area (Å²) in [6.07, 6.45) is 0.188. The van der Waals surface area contributed by atoms with Crippen molar-refractivity contribution in [1.82, 2.24) is 0 Å². The van der Waals surface area contributed by atoms with Crippen molar-refractivity contribution >= 4 is 17.6 Å². The molecule has 0 saturated heterocycles. The average Bonchev–Trinajstić information content (AvgIpc) is 2.97. The maximum Gasteiger partial charge on any atom is 0.336 e. The summed E-state index contributed by atoms with van der Waals surface area (Å²) in [5.74, 6) is -0.647. The summed E-state index contributed by atoms with van der Waals surface area (Å²) in [5, 5.41) is 9.46. The fourth-order valence-electron chi connectivity index (χ4n) is 3.32. The van der Waals surface area contributed by atoms with Gasteiger partial charge in [0.2, 0.25) is 5.91 Å². The minimum absolute atomic E-state index is 0.0728. The van der Waals surface area contributed by atoms with Crippen molar-refractivity contribution in [2.75, 3.05) is 11.5 Å². The highest BCUT2D eigenvalue weighted by atomic mass is 16.5. The second-order valence-corrected chi connectivity index (χ2v) is 5.85. The van der Waals surface area contributed by atoms with Gasteiger partial charge in [-0.2, -0.15) is 0 Å². The Morgan fingerprint density at radius 2 is 1.71 bits per heavy atom. The Morgan fingerprint density at radius 3 is 2.42 bits per heavy atom. The topological polar surface area (TPSA) is 66.8 Å². The number of hydrogen-bond acceptors (Lipinski definition) is 4. The minimum atomic E-state index is -0.378. The normalized spacial score (nSPS) is 20.2. The van der Waals surface area contributed by atoms with Crippen molar-refractivity contribution in [1.29, 1.82) is 0 Å². The van der Waals surface area contributed by atoms with E-state index in [0.717, 1.165) is 11.3 Å². The first-order chi connectivity index (χ1) is 11.6. The smallest absolute Gasteiger partial charge is 0.336 e. The fourth-order valence-corrected chi connectivity index (χ4v) is 3.32. The van der Waals surface area contributed by atoms with E-state index < -0.39 is 0 Å². The van der Waals surface area contributed by atoms with Crippen LogP contribution in [-0.2, 0) is 14.3 Å². The number of cyclic esters (lactones) is 1. The number of phenolic OH excluding ortho intramolecular Hbond substituents is 1. The third-order valence-electron chi connectivity index (χ3n) is 4.43. The molecule has 2 heterocycles. The zero-order valence-corrected chi connectivity index (χ0v) is 12.8. The molecule has 120 valence electrons. The molecule has 5 nitrogen and oxygen atoms in total. The second-order valence-electron chi connectivity index (χ2n) is 5.85. The summed E-state index contributed by atoms with van der Waals surface area (Å²) in [4.78, 5) is 26.6. The lowest BCUT2D eigenvalue weighted by molar-refractivity contribution is -0.136. The van der Waals surface area contributed by atoms with Gasteiger partial charge in [-0.3, -0.25) is 9.69 Å². The van der Waals surface area contributed by atoms with E-state index in [1.807, 2.05) is 30.3 Å². The van der Waals surface area contributed by atoms with Crippen LogP contribution in [0.25, 0.3) is 0 Å². The number of phenols is 1. The van der Waals surface area contributed by atoms with E-state index in [1.54, 1.807) is 29.2 Å². The number of nitrogens with zero attached hydrogens (tertiary/aromatic N) is 1. The molecule has 2 aliphatic heterocycles. The number of carbonyl (C=O) groups is 2. The summed E-state index contributed by atoms with van der Waals surface area (Å²) < 4.78 is 5.22. The highest BCUT2D eigenvalue weighted by Gasteiger charge is 2.42. The van der Waals surface area contributed by atoms with Crippen LogP contribution in [0.2, 0.25) is 0 Å². The Bertz CT molecular complexity index is 839. The molecular weight excluding hydrogens is 306 g/mol. The summed E-state index contributed by atoms with van der Waals surface area (Å²) >= 11 is 0. The Labute approximate surface area is 138 Å². The van der Waals surface area contributed by atoms with Crippen molar-refractivity contribution in [3.8, 4) is 5.75 Å². The highest BCUT2D eigenvalue weighted by molar-refractivity contribution is 6.06. The minimum Gasteiger partial charge on any atom is -0.508 e. The van der Waals surface area contributed by atoms with Gasteiger partial charge in [-0.15, -0.1) is 0 Å². The number of hydrogen-bond donors (Lipinski definition) is 1. The van der Waals surface area contributed by atoms with E-state index in [0.29, 0.717) is 11.3 Å². The number of ether oxygens (including phenoxy) is 1. The van der Waals surface area contributed by atoms with Gasteiger partial charge in [0, 0.05) is 18.0 Å². The predicted molar refractivity (Wildman–Crippen MR) is 87.4 cm³/mol. The Morgan fingerprint density at radius 1 is 1.00 bits per heavy atom. The molecule has 0 aromatic heterocycles. The van der Waals surface area contributed by atoms with Gasteiger partial charge in [-0.25, -0.2) is 4.79 Å². The molecule has 24 heavy (non-hydrogen) atoms. The number of aromatic hydroxyl groups is 1. The molecule has 1 atom stereocenters. The van der Waals surface area contributed by atoms with Gasteiger partial charge in [0.1, 0.15) is 12.4 Å². The maximum atomic E-state index is 12.8. The number of benzene rings is 2. The van der Waals surface area contributed by atoms with Gasteiger partial charge in [0.25, 0.3) is 0 Å². The van der Waals surface area contributed by atoms with E-state index in [9.17, 15) is 14.7 Å². The van der Waals surface area contributed by atoms with Crippen LogP contribution in [-0.4, -0.2) is 23.6 Å². The van der Waals surface area contributed by atoms with Crippen LogP contribution in [0.15, 0.2) is 65.9 Å². The number of amides is 1. The molecule has 0 fully saturated rings. The first-order valence-electron chi connectivity index (χ1n) is 7.72. The quantitative estimate of drug-likeness (QED) is 0.864. The monoisotopic (exact) mass is 321 g/mol. The van der Waals surface area contributed by atoms with Crippen molar-refractivity contribution < 1.29 is 19.4 Å². The molecule has 0 aliphatic carbocycles. The third-order valence-corrected chi connectivity index (χ3v) is 4.43.